The fraction of sp³-hybridized carbons (Fsp3) is 0.240. The van der Waals surface area contributed by atoms with Crippen molar-refractivity contribution in [2.45, 2.75) is 32.0 Å². The molecule has 0 spiro atoms. The smallest absolute Gasteiger partial charge is 0.234 e. The maximum Gasteiger partial charge on any atom is 0.234 e. The number of carbonyl (C=O) groups is 1. The topological polar surface area (TPSA) is 69.0 Å². The molecule has 0 fully saturated rings. The van der Waals surface area contributed by atoms with Gasteiger partial charge in [-0.15, -0.1) is 10.2 Å². The molecule has 1 N–H and O–H groups in total. The molecular weight excluding hydrogens is 420 g/mol. The first-order valence-corrected chi connectivity index (χ1v) is 11.4. The van der Waals surface area contributed by atoms with Gasteiger partial charge >= 0.3 is 0 Å². The van der Waals surface area contributed by atoms with E-state index >= 15 is 0 Å². The van der Waals surface area contributed by atoms with Crippen LogP contribution in [-0.4, -0.2) is 26.4 Å². The Morgan fingerprint density at radius 2 is 1.88 bits per heavy atom. The van der Waals surface area contributed by atoms with Crippen molar-refractivity contribution in [3.63, 3.8) is 0 Å². The summed E-state index contributed by atoms with van der Waals surface area (Å²) < 4.78 is 7.99. The van der Waals surface area contributed by atoms with Crippen LogP contribution in [0.4, 0.5) is 5.69 Å². The second kappa shape index (κ2) is 9.44. The summed E-state index contributed by atoms with van der Waals surface area (Å²) in [5.74, 6) is 1.69. The molecule has 1 amide bonds. The molecule has 4 rings (SSSR count). The standard InChI is InChI=1S/C25H26N4O2S/c1-16-12-13-22(17(2)14-16)31-18(3)24-27-28-25(29(24)4)32-15-23(30)26-21-11-7-9-19-8-5-6-10-20(19)21/h5-14,18H,15H2,1-4H3,(H,26,30). The van der Waals surface area contributed by atoms with E-state index in [0.717, 1.165) is 27.8 Å². The third kappa shape index (κ3) is 4.78. The molecule has 0 aliphatic carbocycles. The van der Waals surface area contributed by atoms with Gasteiger partial charge in [0.25, 0.3) is 0 Å². The van der Waals surface area contributed by atoms with E-state index in [4.69, 9.17) is 4.74 Å². The molecule has 0 saturated carbocycles. The number of anilines is 1. The zero-order valence-corrected chi connectivity index (χ0v) is 19.4. The number of ether oxygens (including phenoxy) is 1. The summed E-state index contributed by atoms with van der Waals surface area (Å²) in [4.78, 5) is 12.6. The van der Waals surface area contributed by atoms with Crippen LogP contribution in [0.3, 0.4) is 0 Å². The summed E-state index contributed by atoms with van der Waals surface area (Å²) in [6.45, 7) is 6.04. The highest BCUT2D eigenvalue weighted by molar-refractivity contribution is 7.99. The molecule has 4 aromatic rings. The number of aryl methyl sites for hydroxylation is 2. The molecular formula is C25H26N4O2S. The van der Waals surface area contributed by atoms with Crippen LogP contribution in [-0.2, 0) is 11.8 Å². The van der Waals surface area contributed by atoms with E-state index in [2.05, 4.69) is 28.5 Å². The molecule has 164 valence electrons. The SMILES string of the molecule is Cc1ccc(OC(C)c2nnc(SCC(=O)Nc3cccc4ccccc34)n2C)c(C)c1. The fourth-order valence-electron chi connectivity index (χ4n) is 3.63. The molecule has 0 aliphatic heterocycles. The minimum Gasteiger partial charge on any atom is -0.482 e. The molecule has 0 saturated heterocycles. The predicted octanol–water partition coefficient (Wildman–Crippen LogP) is 5.46. The third-order valence-electron chi connectivity index (χ3n) is 5.26. The minimum atomic E-state index is -0.271. The Morgan fingerprint density at radius 1 is 1.09 bits per heavy atom. The Hall–Kier alpha value is -3.32. The number of amides is 1. The molecule has 32 heavy (non-hydrogen) atoms. The third-order valence-corrected chi connectivity index (χ3v) is 6.28. The molecule has 1 unspecified atom stereocenters. The molecule has 1 aromatic heterocycles. The van der Waals surface area contributed by atoms with Crippen LogP contribution in [0.5, 0.6) is 5.75 Å². The predicted molar refractivity (Wildman–Crippen MR) is 129 cm³/mol. The summed E-state index contributed by atoms with van der Waals surface area (Å²) in [6.07, 6.45) is -0.271. The first-order chi connectivity index (χ1) is 15.4. The molecule has 1 atom stereocenters. The number of carbonyl (C=O) groups excluding carboxylic acids is 1. The first-order valence-electron chi connectivity index (χ1n) is 10.5. The number of rotatable bonds is 7. The van der Waals surface area contributed by atoms with Gasteiger partial charge in [0.2, 0.25) is 5.91 Å². The lowest BCUT2D eigenvalue weighted by atomic mass is 10.1. The second-order valence-corrected chi connectivity index (χ2v) is 8.73. The fourth-order valence-corrected chi connectivity index (χ4v) is 4.35. The normalized spacial score (nSPS) is 12.0. The first kappa shape index (κ1) is 21.9. The summed E-state index contributed by atoms with van der Waals surface area (Å²) in [6, 6.07) is 20.0. The van der Waals surface area contributed by atoms with Gasteiger partial charge in [-0.05, 0) is 43.9 Å². The van der Waals surface area contributed by atoms with Crippen molar-refractivity contribution in [2.75, 3.05) is 11.1 Å². The minimum absolute atomic E-state index is 0.0875. The molecule has 6 nitrogen and oxygen atoms in total. The van der Waals surface area contributed by atoms with Crippen LogP contribution in [0.1, 0.15) is 30.0 Å². The van der Waals surface area contributed by atoms with E-state index in [-0.39, 0.29) is 17.8 Å². The number of benzene rings is 3. The van der Waals surface area contributed by atoms with Crippen molar-refractivity contribution < 1.29 is 9.53 Å². The Bertz CT molecular complexity index is 1260. The number of hydrogen-bond donors (Lipinski definition) is 1. The van der Waals surface area contributed by atoms with Crippen molar-refractivity contribution in [2.24, 2.45) is 7.05 Å². The number of thioether (sulfide) groups is 1. The zero-order chi connectivity index (χ0) is 22.7. The van der Waals surface area contributed by atoms with Crippen LogP contribution in [0.2, 0.25) is 0 Å². The second-order valence-electron chi connectivity index (χ2n) is 7.79. The number of nitrogens with zero attached hydrogens (tertiary/aromatic N) is 3. The van der Waals surface area contributed by atoms with Crippen molar-refractivity contribution in [1.82, 2.24) is 14.8 Å². The lowest BCUT2D eigenvalue weighted by molar-refractivity contribution is -0.113. The van der Waals surface area contributed by atoms with Gasteiger partial charge in [-0.3, -0.25) is 4.79 Å². The monoisotopic (exact) mass is 446 g/mol. The number of hydrogen-bond acceptors (Lipinski definition) is 5. The molecule has 0 aliphatic rings. The van der Waals surface area contributed by atoms with Crippen molar-refractivity contribution in [3.8, 4) is 5.75 Å². The number of fused-ring (bicyclic) bond motifs is 1. The Morgan fingerprint density at radius 3 is 2.69 bits per heavy atom. The Kier molecular flexibility index (Phi) is 6.46. The van der Waals surface area contributed by atoms with Gasteiger partial charge in [0.05, 0.1) is 5.75 Å². The van der Waals surface area contributed by atoms with Crippen LogP contribution in [0.25, 0.3) is 10.8 Å². The van der Waals surface area contributed by atoms with Crippen LogP contribution in [0.15, 0.2) is 65.8 Å². The lowest BCUT2D eigenvalue weighted by Crippen LogP contribution is -2.15. The van der Waals surface area contributed by atoms with Crippen molar-refractivity contribution in [1.29, 1.82) is 0 Å². The summed E-state index contributed by atoms with van der Waals surface area (Å²) in [5.41, 5.74) is 3.09. The maximum absolute atomic E-state index is 12.6. The van der Waals surface area contributed by atoms with Gasteiger partial charge in [-0.2, -0.15) is 0 Å². The molecule has 1 heterocycles. The van der Waals surface area contributed by atoms with E-state index in [1.54, 1.807) is 0 Å². The average molecular weight is 447 g/mol. The lowest BCUT2D eigenvalue weighted by Gasteiger charge is -2.16. The quantitative estimate of drug-likeness (QED) is 0.382. The van der Waals surface area contributed by atoms with Crippen molar-refractivity contribution in [3.05, 3.63) is 77.6 Å². The highest BCUT2D eigenvalue weighted by Gasteiger charge is 2.19. The average Bonchev–Trinajstić information content (AvgIpc) is 3.15. The molecule has 0 radical (unpaired) electrons. The maximum atomic E-state index is 12.6. The van der Waals surface area contributed by atoms with E-state index in [1.807, 2.05) is 80.1 Å². The molecule has 3 aromatic carbocycles. The van der Waals surface area contributed by atoms with Gasteiger partial charge in [-0.1, -0.05) is 65.9 Å². The Labute approximate surface area is 192 Å². The van der Waals surface area contributed by atoms with Crippen LogP contribution < -0.4 is 10.1 Å². The van der Waals surface area contributed by atoms with E-state index in [1.165, 1.54) is 17.3 Å². The van der Waals surface area contributed by atoms with Gasteiger partial charge < -0.3 is 14.6 Å². The van der Waals surface area contributed by atoms with E-state index in [9.17, 15) is 4.79 Å². The van der Waals surface area contributed by atoms with Gasteiger partial charge in [-0.25, -0.2) is 0 Å². The van der Waals surface area contributed by atoms with E-state index < -0.39 is 0 Å². The number of nitrogens with one attached hydrogen (secondary N) is 1. The zero-order valence-electron chi connectivity index (χ0n) is 18.6. The summed E-state index contributed by atoms with van der Waals surface area (Å²) >= 11 is 1.35. The molecule has 7 heteroatoms. The number of aromatic nitrogens is 3. The largest absolute Gasteiger partial charge is 0.482 e. The Balaban J connectivity index is 1.39. The highest BCUT2D eigenvalue weighted by atomic mass is 32.2. The van der Waals surface area contributed by atoms with Gasteiger partial charge in [0, 0.05) is 18.1 Å². The highest BCUT2D eigenvalue weighted by Crippen LogP contribution is 2.27. The van der Waals surface area contributed by atoms with Gasteiger partial charge in [0.15, 0.2) is 17.1 Å². The van der Waals surface area contributed by atoms with Crippen LogP contribution >= 0.6 is 11.8 Å². The van der Waals surface area contributed by atoms with Gasteiger partial charge in [0.1, 0.15) is 5.75 Å². The van der Waals surface area contributed by atoms with Crippen molar-refractivity contribution >= 4 is 34.1 Å². The molecule has 0 bridgehead atoms. The van der Waals surface area contributed by atoms with Crippen LogP contribution in [0, 0.1) is 13.8 Å². The summed E-state index contributed by atoms with van der Waals surface area (Å²) in [5, 5.41) is 14.3. The van der Waals surface area contributed by atoms with E-state index in [0.29, 0.717) is 11.0 Å². The summed E-state index contributed by atoms with van der Waals surface area (Å²) in [7, 11) is 1.89.